The fourth-order valence-corrected chi connectivity index (χ4v) is 1.65. The van der Waals surface area contributed by atoms with Crippen LogP contribution in [0.2, 0.25) is 0 Å². The smallest absolute Gasteiger partial charge is 0.00676 e. The minimum atomic E-state index is 0.262. The van der Waals surface area contributed by atoms with Gasteiger partial charge in [-0.1, -0.05) is 32.8 Å². The molecule has 1 aliphatic carbocycles. The Hall–Kier alpha value is -0.460. The van der Waals surface area contributed by atoms with Gasteiger partial charge in [0.2, 0.25) is 0 Å². The van der Waals surface area contributed by atoms with E-state index in [1.807, 2.05) is 0 Å². The first-order valence-electron chi connectivity index (χ1n) is 4.10. The Balaban J connectivity index is 2.56. The van der Waals surface area contributed by atoms with Crippen LogP contribution < -0.4 is 5.73 Å². The summed E-state index contributed by atoms with van der Waals surface area (Å²) >= 11 is 0. The molecule has 0 aromatic rings. The third-order valence-corrected chi connectivity index (χ3v) is 2.73. The highest BCUT2D eigenvalue weighted by molar-refractivity contribution is 5.04. The molecule has 0 aromatic carbocycles. The van der Waals surface area contributed by atoms with Gasteiger partial charge in [-0.25, -0.2) is 0 Å². The molecule has 58 valence electrons. The van der Waals surface area contributed by atoms with Crippen LogP contribution in [0.3, 0.4) is 0 Å². The molecular weight excluding hydrogens is 122 g/mol. The molecular formula is C9H17N. The average molecular weight is 139 g/mol. The molecule has 0 atom stereocenters. The summed E-state index contributed by atoms with van der Waals surface area (Å²) in [6.45, 7) is 6.06. The molecule has 1 rings (SSSR count). The monoisotopic (exact) mass is 139 g/mol. The van der Waals surface area contributed by atoms with E-state index in [2.05, 4.69) is 13.5 Å². The van der Waals surface area contributed by atoms with Gasteiger partial charge < -0.3 is 5.73 Å². The summed E-state index contributed by atoms with van der Waals surface area (Å²) < 4.78 is 0. The molecule has 0 saturated heterocycles. The van der Waals surface area contributed by atoms with Crippen LogP contribution in [0.1, 0.15) is 39.0 Å². The maximum absolute atomic E-state index is 5.71. The number of hydrogen-bond acceptors (Lipinski definition) is 1. The van der Waals surface area contributed by atoms with Crippen molar-refractivity contribution in [3.63, 3.8) is 0 Å². The van der Waals surface area contributed by atoms with Crippen molar-refractivity contribution >= 4 is 0 Å². The largest absolute Gasteiger partial charge is 0.402 e. The van der Waals surface area contributed by atoms with E-state index in [0.717, 1.165) is 5.70 Å². The van der Waals surface area contributed by atoms with Crippen molar-refractivity contribution in [1.82, 2.24) is 0 Å². The highest BCUT2D eigenvalue weighted by Crippen LogP contribution is 2.38. The molecule has 0 radical (unpaired) electrons. The summed E-state index contributed by atoms with van der Waals surface area (Å²) in [4.78, 5) is 0. The highest BCUT2D eigenvalue weighted by atomic mass is 14.6. The molecule has 0 aromatic heterocycles. The predicted octanol–water partition coefficient (Wildman–Crippen LogP) is 2.43. The van der Waals surface area contributed by atoms with Crippen molar-refractivity contribution in [1.29, 1.82) is 0 Å². The van der Waals surface area contributed by atoms with Gasteiger partial charge in [0.25, 0.3) is 0 Å². The molecule has 1 aliphatic rings. The Bertz CT molecular complexity index is 132. The lowest BCUT2D eigenvalue weighted by molar-refractivity contribution is 0.265. The van der Waals surface area contributed by atoms with Gasteiger partial charge in [-0.05, 0) is 12.8 Å². The molecule has 0 spiro atoms. The molecule has 0 heterocycles. The third-order valence-electron chi connectivity index (χ3n) is 2.73. The molecule has 10 heavy (non-hydrogen) atoms. The van der Waals surface area contributed by atoms with Gasteiger partial charge in [-0.15, -0.1) is 0 Å². The van der Waals surface area contributed by atoms with Gasteiger partial charge in [0.15, 0.2) is 0 Å². The summed E-state index contributed by atoms with van der Waals surface area (Å²) in [5, 5.41) is 0. The van der Waals surface area contributed by atoms with E-state index in [0.29, 0.717) is 0 Å². The maximum Gasteiger partial charge on any atom is 0.00676 e. The van der Waals surface area contributed by atoms with Gasteiger partial charge in [0, 0.05) is 11.1 Å². The van der Waals surface area contributed by atoms with Crippen LogP contribution in [0.15, 0.2) is 12.3 Å². The van der Waals surface area contributed by atoms with Gasteiger partial charge in [0.1, 0.15) is 0 Å². The molecule has 1 nitrogen and oxygen atoms in total. The van der Waals surface area contributed by atoms with E-state index in [-0.39, 0.29) is 5.41 Å². The Morgan fingerprint density at radius 3 is 2.10 bits per heavy atom. The standard InChI is InChI=1S/C9H17N/c1-8(10)9(2)6-4-3-5-7-9/h1,3-7,10H2,2H3. The zero-order valence-corrected chi connectivity index (χ0v) is 6.82. The first kappa shape index (κ1) is 7.64. The molecule has 1 fully saturated rings. The van der Waals surface area contributed by atoms with Crippen molar-refractivity contribution in [3.05, 3.63) is 12.3 Å². The lowest BCUT2D eigenvalue weighted by Crippen LogP contribution is -2.26. The normalized spacial score (nSPS) is 24.1. The molecule has 1 heteroatoms. The fourth-order valence-electron chi connectivity index (χ4n) is 1.65. The topological polar surface area (TPSA) is 26.0 Å². The molecule has 1 saturated carbocycles. The van der Waals surface area contributed by atoms with E-state index in [9.17, 15) is 0 Å². The van der Waals surface area contributed by atoms with Crippen LogP contribution in [0.25, 0.3) is 0 Å². The molecule has 0 amide bonds. The van der Waals surface area contributed by atoms with E-state index in [1.54, 1.807) is 0 Å². The zero-order valence-electron chi connectivity index (χ0n) is 6.82. The Kier molecular flexibility index (Phi) is 2.02. The van der Waals surface area contributed by atoms with Gasteiger partial charge in [-0.2, -0.15) is 0 Å². The van der Waals surface area contributed by atoms with Crippen molar-refractivity contribution in [3.8, 4) is 0 Å². The van der Waals surface area contributed by atoms with E-state index >= 15 is 0 Å². The van der Waals surface area contributed by atoms with Crippen molar-refractivity contribution < 1.29 is 0 Å². The van der Waals surface area contributed by atoms with E-state index in [4.69, 9.17) is 5.73 Å². The summed E-state index contributed by atoms with van der Waals surface area (Å²) in [6.07, 6.45) is 6.51. The summed E-state index contributed by atoms with van der Waals surface area (Å²) in [6, 6.07) is 0. The molecule has 0 unspecified atom stereocenters. The Morgan fingerprint density at radius 2 is 1.80 bits per heavy atom. The maximum atomic E-state index is 5.71. The van der Waals surface area contributed by atoms with Crippen LogP contribution in [-0.2, 0) is 0 Å². The average Bonchev–Trinajstić information content (AvgIpc) is 1.89. The number of rotatable bonds is 1. The Morgan fingerprint density at radius 1 is 1.30 bits per heavy atom. The van der Waals surface area contributed by atoms with Crippen LogP contribution in [0.4, 0.5) is 0 Å². The second-order valence-electron chi connectivity index (χ2n) is 3.65. The lowest BCUT2D eigenvalue weighted by Gasteiger charge is -2.33. The van der Waals surface area contributed by atoms with Crippen molar-refractivity contribution in [2.75, 3.05) is 0 Å². The third kappa shape index (κ3) is 1.34. The highest BCUT2D eigenvalue weighted by Gasteiger charge is 2.27. The number of nitrogens with two attached hydrogens (primary N) is 1. The number of allylic oxidation sites excluding steroid dienone is 1. The van der Waals surface area contributed by atoms with Crippen LogP contribution in [0, 0.1) is 5.41 Å². The molecule has 0 bridgehead atoms. The van der Waals surface area contributed by atoms with E-state index < -0.39 is 0 Å². The minimum Gasteiger partial charge on any atom is -0.402 e. The summed E-state index contributed by atoms with van der Waals surface area (Å²) in [5.74, 6) is 0. The first-order chi connectivity index (χ1) is 4.65. The van der Waals surface area contributed by atoms with Crippen LogP contribution in [-0.4, -0.2) is 0 Å². The zero-order chi connectivity index (χ0) is 7.61. The van der Waals surface area contributed by atoms with Crippen LogP contribution in [0.5, 0.6) is 0 Å². The predicted molar refractivity (Wildman–Crippen MR) is 44.5 cm³/mol. The van der Waals surface area contributed by atoms with Crippen molar-refractivity contribution in [2.45, 2.75) is 39.0 Å². The minimum absolute atomic E-state index is 0.262. The molecule has 0 aliphatic heterocycles. The summed E-state index contributed by atoms with van der Waals surface area (Å²) in [7, 11) is 0. The second kappa shape index (κ2) is 2.65. The quantitative estimate of drug-likeness (QED) is 0.593. The first-order valence-corrected chi connectivity index (χ1v) is 4.10. The number of hydrogen-bond donors (Lipinski definition) is 1. The molecule has 2 N–H and O–H groups in total. The van der Waals surface area contributed by atoms with Gasteiger partial charge in [0.05, 0.1) is 0 Å². The fraction of sp³-hybridized carbons (Fsp3) is 0.778. The lowest BCUT2D eigenvalue weighted by atomic mass is 9.74. The SMILES string of the molecule is C=C(N)C1(C)CCCCC1. The summed E-state index contributed by atoms with van der Waals surface area (Å²) in [5.41, 5.74) is 6.85. The van der Waals surface area contributed by atoms with E-state index in [1.165, 1.54) is 32.1 Å². The Labute approximate surface area is 63.3 Å². The van der Waals surface area contributed by atoms with Gasteiger partial charge >= 0.3 is 0 Å². The van der Waals surface area contributed by atoms with Crippen LogP contribution >= 0.6 is 0 Å². The van der Waals surface area contributed by atoms with Crippen molar-refractivity contribution in [2.24, 2.45) is 11.1 Å². The van der Waals surface area contributed by atoms with Gasteiger partial charge in [-0.3, -0.25) is 0 Å². The second-order valence-corrected chi connectivity index (χ2v) is 3.65.